The second kappa shape index (κ2) is 5.69. The maximum Gasteiger partial charge on any atom is 0.150 e. The predicted octanol–water partition coefficient (Wildman–Crippen LogP) is 4.06. The van der Waals surface area contributed by atoms with Crippen LogP contribution in [0.3, 0.4) is 0 Å². The standard InChI is InChI=1S/C14H11BrO3/c1-17-11-3-5-12(6-4-11)18-14-7-2-10(9-16)8-13(14)15/h2-9H,1H3. The van der Waals surface area contributed by atoms with Gasteiger partial charge in [-0.2, -0.15) is 0 Å². The molecule has 0 spiro atoms. The van der Waals surface area contributed by atoms with E-state index in [2.05, 4.69) is 15.9 Å². The Labute approximate surface area is 113 Å². The highest BCUT2D eigenvalue weighted by Gasteiger charge is 2.04. The summed E-state index contributed by atoms with van der Waals surface area (Å²) in [4.78, 5) is 10.6. The second-order valence-corrected chi connectivity index (χ2v) is 4.44. The maximum absolute atomic E-state index is 10.6. The van der Waals surface area contributed by atoms with Crippen molar-refractivity contribution in [1.82, 2.24) is 0 Å². The van der Waals surface area contributed by atoms with Crippen molar-refractivity contribution < 1.29 is 14.3 Å². The van der Waals surface area contributed by atoms with Crippen LogP contribution < -0.4 is 9.47 Å². The van der Waals surface area contributed by atoms with Gasteiger partial charge < -0.3 is 9.47 Å². The predicted molar refractivity (Wildman–Crippen MR) is 72.6 cm³/mol. The van der Waals surface area contributed by atoms with E-state index in [1.165, 1.54) is 0 Å². The van der Waals surface area contributed by atoms with Crippen LogP contribution in [-0.4, -0.2) is 13.4 Å². The molecule has 0 N–H and O–H groups in total. The molecule has 0 amide bonds. The van der Waals surface area contributed by atoms with Gasteiger partial charge in [0.05, 0.1) is 11.6 Å². The fraction of sp³-hybridized carbons (Fsp3) is 0.0714. The van der Waals surface area contributed by atoms with E-state index in [4.69, 9.17) is 9.47 Å². The zero-order valence-corrected chi connectivity index (χ0v) is 11.3. The summed E-state index contributed by atoms with van der Waals surface area (Å²) in [6.07, 6.45) is 0.794. The molecule has 4 heteroatoms. The van der Waals surface area contributed by atoms with E-state index in [1.54, 1.807) is 25.3 Å². The first kappa shape index (κ1) is 12.6. The van der Waals surface area contributed by atoms with Crippen molar-refractivity contribution in [2.24, 2.45) is 0 Å². The van der Waals surface area contributed by atoms with Gasteiger partial charge in [-0.15, -0.1) is 0 Å². The largest absolute Gasteiger partial charge is 0.497 e. The Balaban J connectivity index is 2.19. The van der Waals surface area contributed by atoms with Gasteiger partial charge in [0.15, 0.2) is 0 Å². The van der Waals surface area contributed by atoms with Crippen molar-refractivity contribution >= 4 is 22.2 Å². The van der Waals surface area contributed by atoms with E-state index in [1.807, 2.05) is 24.3 Å². The van der Waals surface area contributed by atoms with Crippen LogP contribution in [0, 0.1) is 0 Å². The number of benzene rings is 2. The van der Waals surface area contributed by atoms with Gasteiger partial charge in [-0.1, -0.05) is 0 Å². The van der Waals surface area contributed by atoms with Gasteiger partial charge in [0.25, 0.3) is 0 Å². The summed E-state index contributed by atoms with van der Waals surface area (Å²) < 4.78 is 11.5. The lowest BCUT2D eigenvalue weighted by Crippen LogP contribution is -1.88. The summed E-state index contributed by atoms with van der Waals surface area (Å²) in [7, 11) is 1.62. The Kier molecular flexibility index (Phi) is 3.99. The molecule has 0 atom stereocenters. The van der Waals surface area contributed by atoms with Crippen molar-refractivity contribution in [2.75, 3.05) is 7.11 Å². The normalized spacial score (nSPS) is 9.89. The first-order valence-electron chi connectivity index (χ1n) is 5.29. The molecule has 0 aliphatic carbocycles. The van der Waals surface area contributed by atoms with Crippen molar-refractivity contribution in [1.29, 1.82) is 0 Å². The average molecular weight is 307 g/mol. The lowest BCUT2D eigenvalue weighted by molar-refractivity contribution is 0.112. The number of hydrogen-bond acceptors (Lipinski definition) is 3. The second-order valence-electron chi connectivity index (χ2n) is 3.59. The molecule has 0 aromatic heterocycles. The lowest BCUT2D eigenvalue weighted by atomic mass is 10.2. The Morgan fingerprint density at radius 3 is 2.28 bits per heavy atom. The molecule has 0 unspecified atom stereocenters. The lowest BCUT2D eigenvalue weighted by Gasteiger charge is -2.08. The van der Waals surface area contributed by atoms with E-state index in [0.29, 0.717) is 17.1 Å². The molecule has 0 fully saturated rings. The fourth-order valence-electron chi connectivity index (χ4n) is 1.44. The van der Waals surface area contributed by atoms with Gasteiger partial charge in [-0.25, -0.2) is 0 Å². The third kappa shape index (κ3) is 2.90. The summed E-state index contributed by atoms with van der Waals surface area (Å²) in [5.74, 6) is 2.14. The number of carbonyl (C=O) groups is 1. The van der Waals surface area contributed by atoms with Crippen LogP contribution in [0.1, 0.15) is 10.4 Å². The minimum absolute atomic E-state index is 0.601. The molecular weight excluding hydrogens is 296 g/mol. The number of ether oxygens (including phenoxy) is 2. The van der Waals surface area contributed by atoms with Crippen molar-refractivity contribution in [2.45, 2.75) is 0 Å². The number of halogens is 1. The van der Waals surface area contributed by atoms with Crippen LogP contribution in [0.4, 0.5) is 0 Å². The molecular formula is C14H11BrO3. The molecule has 0 heterocycles. The number of methoxy groups -OCH3 is 1. The molecule has 2 rings (SSSR count). The molecule has 92 valence electrons. The van der Waals surface area contributed by atoms with Crippen LogP contribution in [0.5, 0.6) is 17.2 Å². The Hall–Kier alpha value is -1.81. The molecule has 18 heavy (non-hydrogen) atoms. The van der Waals surface area contributed by atoms with Crippen LogP contribution in [-0.2, 0) is 0 Å². The zero-order chi connectivity index (χ0) is 13.0. The quantitative estimate of drug-likeness (QED) is 0.799. The Morgan fingerprint density at radius 2 is 1.72 bits per heavy atom. The Morgan fingerprint density at radius 1 is 1.06 bits per heavy atom. The fourth-order valence-corrected chi connectivity index (χ4v) is 1.92. The van der Waals surface area contributed by atoms with Crippen LogP contribution in [0.15, 0.2) is 46.9 Å². The highest BCUT2D eigenvalue weighted by molar-refractivity contribution is 9.10. The highest BCUT2D eigenvalue weighted by Crippen LogP contribution is 2.30. The van der Waals surface area contributed by atoms with E-state index in [0.717, 1.165) is 16.5 Å². The number of hydrogen-bond donors (Lipinski definition) is 0. The van der Waals surface area contributed by atoms with E-state index < -0.39 is 0 Å². The van der Waals surface area contributed by atoms with E-state index in [9.17, 15) is 4.79 Å². The summed E-state index contributed by atoms with van der Waals surface area (Å²) in [5, 5.41) is 0. The SMILES string of the molecule is COc1ccc(Oc2ccc(C=O)cc2Br)cc1. The van der Waals surface area contributed by atoms with Crippen molar-refractivity contribution in [3.05, 3.63) is 52.5 Å². The number of carbonyl (C=O) groups excluding carboxylic acids is 1. The molecule has 0 aliphatic heterocycles. The van der Waals surface area contributed by atoms with Gasteiger partial charge in [-0.3, -0.25) is 4.79 Å². The maximum atomic E-state index is 10.6. The molecule has 2 aromatic carbocycles. The highest BCUT2D eigenvalue weighted by atomic mass is 79.9. The van der Waals surface area contributed by atoms with E-state index in [-0.39, 0.29) is 0 Å². The summed E-state index contributed by atoms with van der Waals surface area (Å²) >= 11 is 3.36. The van der Waals surface area contributed by atoms with Crippen LogP contribution >= 0.6 is 15.9 Å². The van der Waals surface area contributed by atoms with Gasteiger partial charge in [-0.05, 0) is 58.4 Å². The first-order chi connectivity index (χ1) is 8.72. The number of aldehydes is 1. The first-order valence-corrected chi connectivity index (χ1v) is 6.09. The third-order valence-corrected chi connectivity index (χ3v) is 3.00. The van der Waals surface area contributed by atoms with Gasteiger partial charge in [0, 0.05) is 5.56 Å². The summed E-state index contributed by atoms with van der Waals surface area (Å²) in [6, 6.07) is 12.4. The average Bonchev–Trinajstić information content (AvgIpc) is 2.42. The summed E-state index contributed by atoms with van der Waals surface area (Å²) in [5.41, 5.74) is 0.601. The molecule has 0 saturated heterocycles. The van der Waals surface area contributed by atoms with Crippen LogP contribution in [0.25, 0.3) is 0 Å². The Bertz CT molecular complexity index is 549. The molecule has 0 bridgehead atoms. The molecule has 0 saturated carbocycles. The van der Waals surface area contributed by atoms with Crippen molar-refractivity contribution in [3.8, 4) is 17.2 Å². The topological polar surface area (TPSA) is 35.5 Å². The van der Waals surface area contributed by atoms with Crippen LogP contribution in [0.2, 0.25) is 0 Å². The smallest absolute Gasteiger partial charge is 0.150 e. The molecule has 0 aliphatic rings. The van der Waals surface area contributed by atoms with E-state index >= 15 is 0 Å². The van der Waals surface area contributed by atoms with Gasteiger partial charge >= 0.3 is 0 Å². The molecule has 2 aromatic rings. The number of rotatable bonds is 4. The third-order valence-electron chi connectivity index (χ3n) is 2.38. The van der Waals surface area contributed by atoms with Gasteiger partial charge in [0.2, 0.25) is 0 Å². The zero-order valence-electron chi connectivity index (χ0n) is 9.72. The minimum atomic E-state index is 0.601. The van der Waals surface area contributed by atoms with Crippen molar-refractivity contribution in [3.63, 3.8) is 0 Å². The minimum Gasteiger partial charge on any atom is -0.497 e. The molecule has 0 radical (unpaired) electrons. The van der Waals surface area contributed by atoms with Gasteiger partial charge in [0.1, 0.15) is 23.5 Å². The molecule has 3 nitrogen and oxygen atoms in total. The summed E-state index contributed by atoms with van der Waals surface area (Å²) in [6.45, 7) is 0. The monoisotopic (exact) mass is 306 g/mol.